The van der Waals surface area contributed by atoms with E-state index in [-0.39, 0.29) is 6.42 Å². The van der Waals surface area contributed by atoms with E-state index < -0.39 is 5.97 Å². The Hall–Kier alpha value is -1.77. The maximum atomic E-state index is 10.5. The lowest BCUT2D eigenvalue weighted by Crippen LogP contribution is -2.00. The molecule has 0 heterocycles. The highest BCUT2D eigenvalue weighted by Gasteiger charge is 2.00. The normalized spacial score (nSPS) is 9.62. The summed E-state index contributed by atoms with van der Waals surface area (Å²) in [6, 6.07) is 7.12. The fourth-order valence-corrected chi connectivity index (χ4v) is 1.18. The van der Waals surface area contributed by atoms with Crippen molar-refractivity contribution in [3.63, 3.8) is 0 Å². The maximum Gasteiger partial charge on any atom is 0.307 e. The smallest absolute Gasteiger partial charge is 0.307 e. The number of ether oxygens (including phenoxy) is 1. The number of aliphatic carboxylic acids is 1. The van der Waals surface area contributed by atoms with Gasteiger partial charge in [0.2, 0.25) is 0 Å². The van der Waals surface area contributed by atoms with E-state index in [1.165, 1.54) is 5.57 Å². The van der Waals surface area contributed by atoms with Crippen LogP contribution in [0.4, 0.5) is 0 Å². The third-order valence-electron chi connectivity index (χ3n) is 2.02. The molecule has 0 aliphatic rings. The van der Waals surface area contributed by atoms with E-state index in [2.05, 4.69) is 0 Å². The van der Waals surface area contributed by atoms with Crippen LogP contribution < -0.4 is 4.74 Å². The van der Waals surface area contributed by atoms with Crippen LogP contribution in [0.25, 0.3) is 0 Å². The van der Waals surface area contributed by atoms with Crippen LogP contribution in [-0.4, -0.2) is 17.7 Å². The van der Waals surface area contributed by atoms with E-state index >= 15 is 0 Å². The Labute approximate surface area is 95.4 Å². The van der Waals surface area contributed by atoms with Crippen molar-refractivity contribution in [2.24, 2.45) is 0 Å². The highest BCUT2D eigenvalue weighted by atomic mass is 16.5. The summed E-state index contributed by atoms with van der Waals surface area (Å²) >= 11 is 0. The van der Waals surface area contributed by atoms with Crippen molar-refractivity contribution in [1.82, 2.24) is 0 Å². The van der Waals surface area contributed by atoms with E-state index in [9.17, 15) is 4.79 Å². The molecule has 3 heteroatoms. The summed E-state index contributed by atoms with van der Waals surface area (Å²) in [5, 5.41) is 8.60. The molecule has 86 valence electrons. The molecule has 0 amide bonds. The molecule has 0 aliphatic heterocycles. The van der Waals surface area contributed by atoms with Crippen LogP contribution in [0.2, 0.25) is 0 Å². The second kappa shape index (κ2) is 5.95. The van der Waals surface area contributed by atoms with Crippen LogP contribution in [-0.2, 0) is 11.2 Å². The van der Waals surface area contributed by atoms with Gasteiger partial charge >= 0.3 is 5.97 Å². The van der Waals surface area contributed by atoms with Gasteiger partial charge in [-0.05, 0) is 37.6 Å². The third-order valence-corrected chi connectivity index (χ3v) is 2.02. The number of benzene rings is 1. The van der Waals surface area contributed by atoms with Crippen LogP contribution in [0.15, 0.2) is 35.9 Å². The van der Waals surface area contributed by atoms with Gasteiger partial charge in [-0.25, -0.2) is 0 Å². The molecule has 0 unspecified atom stereocenters. The molecule has 0 saturated carbocycles. The molecule has 0 saturated heterocycles. The average molecular weight is 220 g/mol. The van der Waals surface area contributed by atoms with Crippen LogP contribution in [0.5, 0.6) is 5.75 Å². The summed E-state index contributed by atoms with van der Waals surface area (Å²) in [4.78, 5) is 10.5. The molecule has 1 aromatic carbocycles. The summed E-state index contributed by atoms with van der Waals surface area (Å²) in [7, 11) is 0. The van der Waals surface area contributed by atoms with Gasteiger partial charge in [0.05, 0.1) is 6.42 Å². The van der Waals surface area contributed by atoms with Crippen molar-refractivity contribution < 1.29 is 14.6 Å². The van der Waals surface area contributed by atoms with E-state index in [1.807, 2.05) is 19.9 Å². The Morgan fingerprint density at radius 1 is 1.31 bits per heavy atom. The molecule has 0 spiro atoms. The quantitative estimate of drug-likeness (QED) is 0.776. The van der Waals surface area contributed by atoms with E-state index in [0.717, 1.165) is 11.3 Å². The first-order valence-corrected chi connectivity index (χ1v) is 5.15. The number of carboxylic acids is 1. The minimum atomic E-state index is -0.821. The molecule has 0 aliphatic carbocycles. The van der Waals surface area contributed by atoms with Gasteiger partial charge in [-0.3, -0.25) is 4.79 Å². The number of allylic oxidation sites excluding steroid dienone is 1. The van der Waals surface area contributed by atoms with Crippen molar-refractivity contribution in [2.75, 3.05) is 6.61 Å². The predicted octanol–water partition coefficient (Wildman–Crippen LogP) is 2.66. The molecule has 3 nitrogen and oxygen atoms in total. The largest absolute Gasteiger partial charge is 0.490 e. The summed E-state index contributed by atoms with van der Waals surface area (Å²) in [5.41, 5.74) is 1.99. The lowest BCUT2D eigenvalue weighted by molar-refractivity contribution is -0.136. The van der Waals surface area contributed by atoms with Crippen molar-refractivity contribution in [3.8, 4) is 5.75 Å². The molecule has 0 radical (unpaired) electrons. The lowest BCUT2D eigenvalue weighted by Gasteiger charge is -2.04. The highest BCUT2D eigenvalue weighted by molar-refractivity contribution is 5.70. The number of rotatable bonds is 5. The first-order chi connectivity index (χ1) is 7.58. The van der Waals surface area contributed by atoms with E-state index in [1.54, 1.807) is 24.3 Å². The van der Waals surface area contributed by atoms with Gasteiger partial charge < -0.3 is 9.84 Å². The van der Waals surface area contributed by atoms with Crippen LogP contribution in [0.3, 0.4) is 0 Å². The second-order valence-corrected chi connectivity index (χ2v) is 3.81. The van der Waals surface area contributed by atoms with Gasteiger partial charge in [0.1, 0.15) is 12.4 Å². The first-order valence-electron chi connectivity index (χ1n) is 5.15. The van der Waals surface area contributed by atoms with Crippen molar-refractivity contribution in [3.05, 3.63) is 41.5 Å². The molecule has 16 heavy (non-hydrogen) atoms. The van der Waals surface area contributed by atoms with Crippen molar-refractivity contribution in [1.29, 1.82) is 0 Å². The Bertz CT molecular complexity index is 373. The first kappa shape index (κ1) is 12.3. The SMILES string of the molecule is CC(C)=CCOc1ccc(CC(=O)O)cc1. The molecule has 0 atom stereocenters. The molecular weight excluding hydrogens is 204 g/mol. The van der Waals surface area contributed by atoms with Gasteiger partial charge in [0.15, 0.2) is 0 Å². The van der Waals surface area contributed by atoms with Crippen LogP contribution >= 0.6 is 0 Å². The summed E-state index contributed by atoms with van der Waals surface area (Å²) < 4.78 is 5.45. The zero-order valence-corrected chi connectivity index (χ0v) is 9.56. The fraction of sp³-hybridized carbons (Fsp3) is 0.308. The van der Waals surface area contributed by atoms with E-state index in [0.29, 0.717) is 6.61 Å². The van der Waals surface area contributed by atoms with Crippen molar-refractivity contribution in [2.45, 2.75) is 20.3 Å². The molecular formula is C13H16O3. The van der Waals surface area contributed by atoms with Crippen LogP contribution in [0.1, 0.15) is 19.4 Å². The molecule has 0 bridgehead atoms. The number of carboxylic acid groups (broad SMARTS) is 1. The minimum absolute atomic E-state index is 0.0499. The topological polar surface area (TPSA) is 46.5 Å². The third kappa shape index (κ3) is 4.64. The fourth-order valence-electron chi connectivity index (χ4n) is 1.18. The standard InChI is InChI=1S/C13H16O3/c1-10(2)7-8-16-12-5-3-11(4-6-12)9-13(14)15/h3-7H,8-9H2,1-2H3,(H,14,15). The van der Waals surface area contributed by atoms with Gasteiger partial charge in [0.25, 0.3) is 0 Å². The number of hydrogen-bond acceptors (Lipinski definition) is 2. The Kier molecular flexibility index (Phi) is 4.58. The Morgan fingerprint density at radius 3 is 2.44 bits per heavy atom. The van der Waals surface area contributed by atoms with Gasteiger partial charge in [0, 0.05) is 0 Å². The Morgan fingerprint density at radius 2 is 1.94 bits per heavy atom. The summed E-state index contributed by atoms with van der Waals surface area (Å²) in [5.74, 6) is -0.0650. The molecule has 1 rings (SSSR count). The van der Waals surface area contributed by atoms with Gasteiger partial charge in [-0.15, -0.1) is 0 Å². The predicted molar refractivity (Wildman–Crippen MR) is 62.7 cm³/mol. The Balaban J connectivity index is 2.51. The minimum Gasteiger partial charge on any atom is -0.490 e. The summed E-state index contributed by atoms with van der Waals surface area (Å²) in [6.45, 7) is 4.57. The zero-order valence-electron chi connectivity index (χ0n) is 9.56. The molecule has 0 aromatic heterocycles. The lowest BCUT2D eigenvalue weighted by atomic mass is 10.1. The average Bonchev–Trinajstić information content (AvgIpc) is 2.19. The van der Waals surface area contributed by atoms with Gasteiger partial charge in [-0.2, -0.15) is 0 Å². The highest BCUT2D eigenvalue weighted by Crippen LogP contribution is 2.12. The molecule has 1 aromatic rings. The molecule has 0 fully saturated rings. The van der Waals surface area contributed by atoms with Crippen LogP contribution in [0, 0.1) is 0 Å². The number of carbonyl (C=O) groups is 1. The number of hydrogen-bond donors (Lipinski definition) is 1. The zero-order chi connectivity index (χ0) is 12.0. The monoisotopic (exact) mass is 220 g/mol. The molecule has 1 N–H and O–H groups in total. The maximum absolute atomic E-state index is 10.5. The van der Waals surface area contributed by atoms with Crippen molar-refractivity contribution >= 4 is 5.97 Å². The second-order valence-electron chi connectivity index (χ2n) is 3.81. The van der Waals surface area contributed by atoms with E-state index in [4.69, 9.17) is 9.84 Å². The van der Waals surface area contributed by atoms with Gasteiger partial charge in [-0.1, -0.05) is 17.7 Å². The summed E-state index contributed by atoms with van der Waals surface area (Å²) in [6.07, 6.45) is 2.04.